The summed E-state index contributed by atoms with van der Waals surface area (Å²) in [5.74, 6) is 0.499. The fourth-order valence-corrected chi connectivity index (χ4v) is 4.06. The molecule has 1 aromatic carbocycles. The zero-order chi connectivity index (χ0) is 16.4. The molecular formula is C17H19N3OS2. The van der Waals surface area contributed by atoms with Gasteiger partial charge in [-0.3, -0.25) is 4.79 Å². The lowest BCUT2D eigenvalue weighted by atomic mass is 10.2. The van der Waals surface area contributed by atoms with Crippen molar-refractivity contribution in [1.82, 2.24) is 14.9 Å². The molecule has 0 radical (unpaired) electrons. The second kappa shape index (κ2) is 6.76. The molecular weight excluding hydrogens is 326 g/mol. The number of thiophene rings is 1. The molecule has 120 valence electrons. The van der Waals surface area contributed by atoms with E-state index in [4.69, 9.17) is 0 Å². The first-order chi connectivity index (χ1) is 11.0. The highest BCUT2D eigenvalue weighted by atomic mass is 32.2. The third kappa shape index (κ3) is 3.76. The van der Waals surface area contributed by atoms with E-state index < -0.39 is 0 Å². The Hall–Kier alpha value is -1.79. The molecule has 0 saturated heterocycles. The molecule has 3 aromatic rings. The van der Waals surface area contributed by atoms with Gasteiger partial charge in [0.2, 0.25) is 5.91 Å². The number of thioether (sulfide) groups is 1. The Bertz CT molecular complexity index is 837. The van der Waals surface area contributed by atoms with Crippen molar-refractivity contribution >= 4 is 40.0 Å². The van der Waals surface area contributed by atoms with Gasteiger partial charge in [0.1, 0.15) is 0 Å². The number of aryl methyl sites for hydroxylation is 2. The van der Waals surface area contributed by atoms with Crippen LogP contribution in [-0.2, 0) is 11.3 Å². The number of nitrogens with one attached hydrogen (secondary N) is 1. The van der Waals surface area contributed by atoms with Gasteiger partial charge in [0.05, 0.1) is 23.3 Å². The predicted molar refractivity (Wildman–Crippen MR) is 97.1 cm³/mol. The summed E-state index contributed by atoms with van der Waals surface area (Å²) in [4.78, 5) is 23.1. The fraction of sp³-hybridized carbons (Fsp3) is 0.294. The average molecular weight is 345 g/mol. The maximum absolute atomic E-state index is 12.3. The van der Waals surface area contributed by atoms with Crippen molar-refractivity contribution < 1.29 is 4.79 Å². The number of carbonyl (C=O) groups is 1. The van der Waals surface area contributed by atoms with E-state index in [2.05, 4.69) is 41.3 Å². The van der Waals surface area contributed by atoms with Gasteiger partial charge in [-0.1, -0.05) is 17.8 Å². The number of amides is 1. The maximum Gasteiger partial charge on any atom is 0.233 e. The zero-order valence-corrected chi connectivity index (χ0v) is 15.1. The fourth-order valence-electron chi connectivity index (χ4n) is 2.28. The molecule has 0 saturated carbocycles. The molecule has 0 bridgehead atoms. The van der Waals surface area contributed by atoms with E-state index in [1.165, 1.54) is 27.8 Å². The van der Waals surface area contributed by atoms with Crippen molar-refractivity contribution in [2.45, 2.75) is 25.5 Å². The lowest BCUT2D eigenvalue weighted by molar-refractivity contribution is -0.127. The van der Waals surface area contributed by atoms with Gasteiger partial charge >= 0.3 is 0 Å². The van der Waals surface area contributed by atoms with Gasteiger partial charge in [-0.05, 0) is 48.6 Å². The van der Waals surface area contributed by atoms with Crippen LogP contribution in [0.1, 0.15) is 16.0 Å². The highest BCUT2D eigenvalue weighted by molar-refractivity contribution is 7.99. The maximum atomic E-state index is 12.3. The lowest BCUT2D eigenvalue weighted by Gasteiger charge is -2.16. The van der Waals surface area contributed by atoms with Gasteiger partial charge in [-0.15, -0.1) is 11.3 Å². The Morgan fingerprint density at radius 2 is 2.17 bits per heavy atom. The standard InChI is InChI=1S/C17H19N3OS2/c1-11-4-5-13-14(8-11)19-17(18-13)23-10-16(21)20(3)9-15-12(2)6-7-22-15/h4-8H,9-10H2,1-3H3,(H,18,19). The number of hydrogen-bond acceptors (Lipinski definition) is 4. The minimum Gasteiger partial charge on any atom is -0.340 e. The predicted octanol–water partition coefficient (Wildman–Crippen LogP) is 3.99. The van der Waals surface area contributed by atoms with Crippen LogP contribution in [0.4, 0.5) is 0 Å². The summed E-state index contributed by atoms with van der Waals surface area (Å²) in [5, 5.41) is 2.85. The third-order valence-electron chi connectivity index (χ3n) is 3.72. The number of H-pyrrole nitrogens is 1. The monoisotopic (exact) mass is 345 g/mol. The van der Waals surface area contributed by atoms with Crippen LogP contribution in [0.15, 0.2) is 34.8 Å². The van der Waals surface area contributed by atoms with Gasteiger partial charge in [0.15, 0.2) is 5.16 Å². The van der Waals surface area contributed by atoms with Crippen molar-refractivity contribution in [3.05, 3.63) is 45.6 Å². The minimum atomic E-state index is 0.111. The first kappa shape index (κ1) is 16.1. The number of hydrogen-bond donors (Lipinski definition) is 1. The van der Waals surface area contributed by atoms with E-state index in [1.54, 1.807) is 16.2 Å². The summed E-state index contributed by atoms with van der Waals surface area (Å²) in [5.41, 5.74) is 4.39. The number of carbonyl (C=O) groups excluding carboxylic acids is 1. The van der Waals surface area contributed by atoms with E-state index >= 15 is 0 Å². The quantitative estimate of drug-likeness (QED) is 0.711. The Morgan fingerprint density at radius 1 is 1.35 bits per heavy atom. The van der Waals surface area contributed by atoms with Crippen LogP contribution in [0.2, 0.25) is 0 Å². The number of imidazole rings is 1. The third-order valence-corrected chi connectivity index (χ3v) is 5.59. The second-order valence-corrected chi connectivity index (χ2v) is 7.59. The largest absolute Gasteiger partial charge is 0.340 e. The van der Waals surface area contributed by atoms with Crippen molar-refractivity contribution in [1.29, 1.82) is 0 Å². The smallest absolute Gasteiger partial charge is 0.233 e. The Balaban J connectivity index is 1.60. The van der Waals surface area contributed by atoms with Crippen LogP contribution in [0.5, 0.6) is 0 Å². The normalized spacial score (nSPS) is 11.1. The molecule has 3 rings (SSSR count). The highest BCUT2D eigenvalue weighted by Crippen LogP contribution is 2.21. The molecule has 6 heteroatoms. The average Bonchev–Trinajstić information content (AvgIpc) is 3.10. The molecule has 0 atom stereocenters. The van der Waals surface area contributed by atoms with Crippen LogP contribution in [0, 0.1) is 13.8 Å². The number of aromatic amines is 1. The molecule has 4 nitrogen and oxygen atoms in total. The van der Waals surface area contributed by atoms with Crippen LogP contribution < -0.4 is 0 Å². The van der Waals surface area contributed by atoms with Gasteiger partial charge in [0, 0.05) is 11.9 Å². The van der Waals surface area contributed by atoms with Crippen molar-refractivity contribution in [3.63, 3.8) is 0 Å². The number of fused-ring (bicyclic) bond motifs is 1. The first-order valence-electron chi connectivity index (χ1n) is 7.39. The minimum absolute atomic E-state index is 0.111. The van der Waals surface area contributed by atoms with Crippen molar-refractivity contribution in [2.75, 3.05) is 12.8 Å². The number of nitrogens with zero attached hydrogens (tertiary/aromatic N) is 2. The summed E-state index contributed by atoms with van der Waals surface area (Å²) in [6.45, 7) is 4.80. The Morgan fingerprint density at radius 3 is 2.91 bits per heavy atom. The summed E-state index contributed by atoms with van der Waals surface area (Å²) >= 11 is 3.15. The molecule has 1 amide bonds. The molecule has 0 fully saturated rings. The molecule has 0 aliphatic heterocycles. The van der Waals surface area contributed by atoms with E-state index in [1.807, 2.05) is 19.2 Å². The molecule has 2 heterocycles. The first-order valence-corrected chi connectivity index (χ1v) is 9.25. The highest BCUT2D eigenvalue weighted by Gasteiger charge is 2.13. The van der Waals surface area contributed by atoms with Crippen LogP contribution >= 0.6 is 23.1 Å². The SMILES string of the molecule is Cc1ccc2nc(SCC(=O)N(C)Cc3sccc3C)[nH]c2c1. The van der Waals surface area contributed by atoms with Crippen molar-refractivity contribution in [3.8, 4) is 0 Å². The van der Waals surface area contributed by atoms with E-state index in [9.17, 15) is 4.79 Å². The number of rotatable bonds is 5. The molecule has 2 aromatic heterocycles. The number of aromatic nitrogens is 2. The molecule has 0 aliphatic carbocycles. The lowest BCUT2D eigenvalue weighted by Crippen LogP contribution is -2.27. The van der Waals surface area contributed by atoms with Crippen molar-refractivity contribution in [2.24, 2.45) is 0 Å². The summed E-state index contributed by atoms with van der Waals surface area (Å²) in [6.07, 6.45) is 0. The molecule has 23 heavy (non-hydrogen) atoms. The Labute approximate surface area is 143 Å². The molecule has 0 aliphatic rings. The van der Waals surface area contributed by atoms with Gasteiger partial charge in [-0.2, -0.15) is 0 Å². The Kier molecular flexibility index (Phi) is 4.73. The van der Waals surface area contributed by atoms with E-state index in [0.29, 0.717) is 12.3 Å². The topological polar surface area (TPSA) is 49.0 Å². The van der Waals surface area contributed by atoms with Crippen LogP contribution in [0.3, 0.4) is 0 Å². The second-order valence-electron chi connectivity index (χ2n) is 5.63. The molecule has 1 N–H and O–H groups in total. The molecule has 0 spiro atoms. The van der Waals surface area contributed by atoms with Gasteiger partial charge in [0.25, 0.3) is 0 Å². The van der Waals surface area contributed by atoms with E-state index in [-0.39, 0.29) is 5.91 Å². The number of benzene rings is 1. The van der Waals surface area contributed by atoms with Gasteiger partial charge in [-0.25, -0.2) is 4.98 Å². The van der Waals surface area contributed by atoms with Crippen LogP contribution in [-0.4, -0.2) is 33.6 Å². The summed E-state index contributed by atoms with van der Waals surface area (Å²) < 4.78 is 0. The van der Waals surface area contributed by atoms with Crippen LogP contribution in [0.25, 0.3) is 11.0 Å². The zero-order valence-electron chi connectivity index (χ0n) is 13.4. The molecule has 0 unspecified atom stereocenters. The summed E-state index contributed by atoms with van der Waals surface area (Å²) in [7, 11) is 1.85. The summed E-state index contributed by atoms with van der Waals surface area (Å²) in [6, 6.07) is 8.20. The van der Waals surface area contributed by atoms with Gasteiger partial charge < -0.3 is 9.88 Å². The van der Waals surface area contributed by atoms with E-state index in [0.717, 1.165) is 16.2 Å².